The molecule has 5 nitrogen and oxygen atoms in total. The van der Waals surface area contributed by atoms with Crippen molar-refractivity contribution in [3.05, 3.63) is 48.0 Å². The van der Waals surface area contributed by atoms with E-state index in [1.807, 2.05) is 42.5 Å². The molecular formula is C20H22N2O3. The molecule has 0 aliphatic heterocycles. The third-order valence-electron chi connectivity index (χ3n) is 4.24. The van der Waals surface area contributed by atoms with Crippen LogP contribution in [0.25, 0.3) is 22.2 Å². The van der Waals surface area contributed by atoms with Crippen LogP contribution in [0.2, 0.25) is 0 Å². The van der Waals surface area contributed by atoms with Crippen molar-refractivity contribution < 1.29 is 14.3 Å². The summed E-state index contributed by atoms with van der Waals surface area (Å²) in [4.78, 5) is 14.7. The van der Waals surface area contributed by atoms with Gasteiger partial charge < -0.3 is 19.8 Å². The summed E-state index contributed by atoms with van der Waals surface area (Å²) in [5, 5.41) is 3.96. The second kappa shape index (κ2) is 7.30. The molecule has 2 N–H and O–H groups in total. The van der Waals surface area contributed by atoms with Crippen LogP contribution >= 0.6 is 0 Å². The average molecular weight is 338 g/mol. The molecule has 1 aromatic heterocycles. The summed E-state index contributed by atoms with van der Waals surface area (Å²) in [5.41, 5.74) is 4.16. The lowest BCUT2D eigenvalue weighted by Crippen LogP contribution is -2.22. The Morgan fingerprint density at radius 1 is 1.12 bits per heavy atom. The van der Waals surface area contributed by atoms with Crippen molar-refractivity contribution >= 4 is 16.8 Å². The summed E-state index contributed by atoms with van der Waals surface area (Å²) in [6.45, 7) is 2.10. The van der Waals surface area contributed by atoms with Crippen LogP contribution in [0.3, 0.4) is 0 Å². The standard InChI is InChI=1S/C20H22N2O3/c1-13(23)21-11-10-15-17-12-14(24-2)8-9-18(17)22-20(15)16-6-4-5-7-19(16)25-3/h4-9,12,22H,10-11H2,1-3H3,(H,21,23). The lowest BCUT2D eigenvalue weighted by atomic mass is 10.0. The first kappa shape index (κ1) is 16.9. The maximum atomic E-state index is 11.2. The Kier molecular flexibility index (Phi) is 4.93. The first-order chi connectivity index (χ1) is 12.1. The Morgan fingerprint density at radius 3 is 2.64 bits per heavy atom. The Labute approximate surface area is 147 Å². The van der Waals surface area contributed by atoms with Gasteiger partial charge in [-0.05, 0) is 42.3 Å². The molecule has 0 saturated heterocycles. The number of ether oxygens (including phenoxy) is 2. The number of methoxy groups -OCH3 is 2. The van der Waals surface area contributed by atoms with Crippen LogP contribution in [0.15, 0.2) is 42.5 Å². The van der Waals surface area contributed by atoms with Crippen molar-refractivity contribution in [2.75, 3.05) is 20.8 Å². The molecule has 1 heterocycles. The van der Waals surface area contributed by atoms with Gasteiger partial charge in [-0.3, -0.25) is 4.79 Å². The summed E-state index contributed by atoms with van der Waals surface area (Å²) in [7, 11) is 3.33. The van der Waals surface area contributed by atoms with Gasteiger partial charge in [-0.25, -0.2) is 0 Å². The van der Waals surface area contributed by atoms with Gasteiger partial charge in [0.25, 0.3) is 0 Å². The van der Waals surface area contributed by atoms with Crippen LogP contribution in [-0.4, -0.2) is 31.7 Å². The minimum Gasteiger partial charge on any atom is -0.497 e. The maximum absolute atomic E-state index is 11.2. The number of benzene rings is 2. The Morgan fingerprint density at radius 2 is 1.92 bits per heavy atom. The van der Waals surface area contributed by atoms with Gasteiger partial charge in [0, 0.05) is 29.9 Å². The van der Waals surface area contributed by atoms with Gasteiger partial charge in [-0.2, -0.15) is 0 Å². The Hall–Kier alpha value is -2.95. The van der Waals surface area contributed by atoms with Crippen molar-refractivity contribution in [1.29, 1.82) is 0 Å². The number of nitrogens with one attached hydrogen (secondary N) is 2. The van der Waals surface area contributed by atoms with Gasteiger partial charge in [0.2, 0.25) is 5.91 Å². The first-order valence-corrected chi connectivity index (χ1v) is 8.20. The quantitative estimate of drug-likeness (QED) is 0.723. The molecule has 0 saturated carbocycles. The van der Waals surface area contributed by atoms with Crippen LogP contribution in [0.4, 0.5) is 0 Å². The molecule has 0 atom stereocenters. The SMILES string of the molecule is COc1ccc2[nH]c(-c3ccccc3OC)c(CCNC(C)=O)c2c1. The first-order valence-electron chi connectivity index (χ1n) is 8.20. The van der Waals surface area contributed by atoms with E-state index in [1.165, 1.54) is 6.92 Å². The molecule has 5 heteroatoms. The fraction of sp³-hybridized carbons (Fsp3) is 0.250. The van der Waals surface area contributed by atoms with Crippen molar-refractivity contribution in [3.8, 4) is 22.8 Å². The number of carbonyl (C=O) groups excluding carboxylic acids is 1. The van der Waals surface area contributed by atoms with Crippen molar-refractivity contribution in [3.63, 3.8) is 0 Å². The number of amides is 1. The number of hydrogen-bond acceptors (Lipinski definition) is 3. The highest BCUT2D eigenvalue weighted by Gasteiger charge is 2.16. The number of aromatic amines is 1. The predicted molar refractivity (Wildman–Crippen MR) is 99.2 cm³/mol. The van der Waals surface area contributed by atoms with E-state index in [1.54, 1.807) is 14.2 Å². The number of para-hydroxylation sites is 1. The largest absolute Gasteiger partial charge is 0.497 e. The monoisotopic (exact) mass is 338 g/mol. The van der Waals surface area contributed by atoms with Crippen molar-refractivity contribution in [1.82, 2.24) is 10.3 Å². The van der Waals surface area contributed by atoms with Crippen LogP contribution < -0.4 is 14.8 Å². The molecule has 0 bridgehead atoms. The van der Waals surface area contributed by atoms with E-state index in [9.17, 15) is 4.79 Å². The zero-order chi connectivity index (χ0) is 17.8. The van der Waals surface area contributed by atoms with E-state index in [-0.39, 0.29) is 5.91 Å². The molecule has 0 unspecified atom stereocenters. The maximum Gasteiger partial charge on any atom is 0.216 e. The third kappa shape index (κ3) is 3.45. The molecule has 0 fully saturated rings. The molecule has 3 rings (SSSR count). The molecule has 0 spiro atoms. The third-order valence-corrected chi connectivity index (χ3v) is 4.24. The lowest BCUT2D eigenvalue weighted by molar-refractivity contribution is -0.118. The zero-order valence-corrected chi connectivity index (χ0v) is 14.7. The highest BCUT2D eigenvalue weighted by molar-refractivity contribution is 5.92. The molecule has 3 aromatic rings. The number of hydrogen-bond donors (Lipinski definition) is 2. The molecule has 0 radical (unpaired) electrons. The lowest BCUT2D eigenvalue weighted by Gasteiger charge is -2.10. The topological polar surface area (TPSA) is 63.4 Å². The second-order valence-electron chi connectivity index (χ2n) is 5.82. The van der Waals surface area contributed by atoms with E-state index >= 15 is 0 Å². The van der Waals surface area contributed by atoms with Gasteiger partial charge in [0.05, 0.1) is 19.9 Å². The smallest absolute Gasteiger partial charge is 0.216 e. The van der Waals surface area contributed by atoms with Crippen LogP contribution in [0, 0.1) is 0 Å². The van der Waals surface area contributed by atoms with Crippen LogP contribution in [0.5, 0.6) is 11.5 Å². The normalized spacial score (nSPS) is 10.7. The van der Waals surface area contributed by atoms with Gasteiger partial charge in [0.15, 0.2) is 0 Å². The van der Waals surface area contributed by atoms with Gasteiger partial charge in [0.1, 0.15) is 11.5 Å². The molecular weight excluding hydrogens is 316 g/mol. The zero-order valence-electron chi connectivity index (χ0n) is 14.7. The number of rotatable bonds is 6. The number of aromatic nitrogens is 1. The number of H-pyrrole nitrogens is 1. The van der Waals surface area contributed by atoms with Gasteiger partial charge in [-0.1, -0.05) is 12.1 Å². The molecule has 1 amide bonds. The van der Waals surface area contributed by atoms with Gasteiger partial charge in [-0.15, -0.1) is 0 Å². The van der Waals surface area contributed by atoms with E-state index in [0.717, 1.165) is 39.2 Å². The van der Waals surface area contributed by atoms with Crippen molar-refractivity contribution in [2.24, 2.45) is 0 Å². The summed E-state index contributed by atoms with van der Waals surface area (Å²) in [6, 6.07) is 13.9. The molecule has 0 aliphatic carbocycles. The highest BCUT2D eigenvalue weighted by Crippen LogP contribution is 2.36. The fourth-order valence-electron chi connectivity index (χ4n) is 3.06. The van der Waals surface area contributed by atoms with Crippen molar-refractivity contribution in [2.45, 2.75) is 13.3 Å². The van der Waals surface area contributed by atoms with E-state index < -0.39 is 0 Å². The minimum atomic E-state index is -0.0312. The van der Waals surface area contributed by atoms with E-state index in [4.69, 9.17) is 9.47 Å². The van der Waals surface area contributed by atoms with E-state index in [2.05, 4.69) is 10.3 Å². The second-order valence-corrected chi connectivity index (χ2v) is 5.82. The fourth-order valence-corrected chi connectivity index (χ4v) is 3.06. The minimum absolute atomic E-state index is 0.0312. The Bertz CT molecular complexity index is 899. The Balaban J connectivity index is 2.14. The predicted octanol–water partition coefficient (Wildman–Crippen LogP) is 3.53. The molecule has 130 valence electrons. The number of carbonyl (C=O) groups is 1. The van der Waals surface area contributed by atoms with E-state index in [0.29, 0.717) is 13.0 Å². The summed E-state index contributed by atoms with van der Waals surface area (Å²) < 4.78 is 10.9. The van der Waals surface area contributed by atoms with Crippen LogP contribution in [-0.2, 0) is 11.2 Å². The summed E-state index contributed by atoms with van der Waals surface area (Å²) in [5.74, 6) is 1.58. The highest BCUT2D eigenvalue weighted by atomic mass is 16.5. The summed E-state index contributed by atoms with van der Waals surface area (Å²) >= 11 is 0. The summed E-state index contributed by atoms with van der Waals surface area (Å²) in [6.07, 6.45) is 0.708. The number of fused-ring (bicyclic) bond motifs is 1. The van der Waals surface area contributed by atoms with Gasteiger partial charge >= 0.3 is 0 Å². The molecule has 25 heavy (non-hydrogen) atoms. The van der Waals surface area contributed by atoms with Crippen LogP contribution in [0.1, 0.15) is 12.5 Å². The average Bonchev–Trinajstić information content (AvgIpc) is 2.99. The molecule has 0 aliphatic rings. The molecule has 2 aromatic carbocycles.